The molecule has 0 unspecified atom stereocenters. The van der Waals surface area contributed by atoms with Crippen molar-refractivity contribution in [2.24, 2.45) is 5.84 Å². The van der Waals surface area contributed by atoms with Crippen LogP contribution < -0.4 is 21.5 Å². The van der Waals surface area contributed by atoms with Crippen LogP contribution in [-0.4, -0.2) is 35.6 Å². The maximum Gasteiger partial charge on any atom is 0.243 e. The van der Waals surface area contributed by atoms with Crippen molar-refractivity contribution in [1.29, 1.82) is 0 Å². The Labute approximate surface area is 89.1 Å². The average molecular weight is 211 g/mol. The third-order valence-corrected chi connectivity index (χ3v) is 1.69. The third-order valence-electron chi connectivity index (χ3n) is 1.69. The highest BCUT2D eigenvalue weighted by molar-refractivity contribution is 5.42. The zero-order valence-corrected chi connectivity index (χ0v) is 9.28. The first-order chi connectivity index (χ1) is 7.17. The van der Waals surface area contributed by atoms with Crippen LogP contribution in [0.4, 0.5) is 17.8 Å². The number of hydrogen-bond donors (Lipinski definition) is 3. The number of nitrogens with zero attached hydrogens (tertiary/aromatic N) is 4. The molecule has 0 amide bonds. The van der Waals surface area contributed by atoms with E-state index in [1.165, 1.54) is 0 Å². The molecule has 1 rings (SSSR count). The van der Waals surface area contributed by atoms with Crippen LogP contribution >= 0.6 is 0 Å². The zero-order chi connectivity index (χ0) is 11.3. The van der Waals surface area contributed by atoms with E-state index in [2.05, 4.69) is 32.6 Å². The van der Waals surface area contributed by atoms with Crippen LogP contribution in [0.25, 0.3) is 0 Å². The smallest absolute Gasteiger partial charge is 0.243 e. The van der Waals surface area contributed by atoms with Crippen molar-refractivity contribution in [3.05, 3.63) is 0 Å². The van der Waals surface area contributed by atoms with Gasteiger partial charge in [-0.3, -0.25) is 5.43 Å². The van der Waals surface area contributed by atoms with Crippen molar-refractivity contribution in [2.75, 3.05) is 36.3 Å². The van der Waals surface area contributed by atoms with E-state index in [-0.39, 0.29) is 0 Å². The van der Waals surface area contributed by atoms with Gasteiger partial charge in [-0.05, 0) is 6.42 Å². The number of hydrogen-bond acceptors (Lipinski definition) is 7. The lowest BCUT2D eigenvalue weighted by Gasteiger charge is -2.12. The SMILES string of the molecule is CCCNc1nc(NN)nc(N(C)C)n1. The van der Waals surface area contributed by atoms with Gasteiger partial charge in [0.25, 0.3) is 0 Å². The van der Waals surface area contributed by atoms with Gasteiger partial charge in [0, 0.05) is 20.6 Å². The summed E-state index contributed by atoms with van der Waals surface area (Å²) in [5, 5.41) is 3.08. The largest absolute Gasteiger partial charge is 0.354 e. The standard InChI is InChI=1S/C8H17N7/c1-4-5-10-6-11-7(14-9)13-8(12-6)15(2)3/h4-5,9H2,1-3H3,(H2,10,11,12,13,14). The number of anilines is 3. The van der Waals surface area contributed by atoms with Crippen LogP contribution in [-0.2, 0) is 0 Å². The Kier molecular flexibility index (Phi) is 4.04. The molecular weight excluding hydrogens is 194 g/mol. The van der Waals surface area contributed by atoms with Gasteiger partial charge in [0.05, 0.1) is 0 Å². The molecule has 0 aliphatic rings. The van der Waals surface area contributed by atoms with E-state index in [1.54, 1.807) is 4.90 Å². The average Bonchev–Trinajstić information content (AvgIpc) is 2.25. The van der Waals surface area contributed by atoms with Crippen molar-refractivity contribution >= 4 is 17.8 Å². The normalized spacial score (nSPS) is 9.87. The van der Waals surface area contributed by atoms with Crippen molar-refractivity contribution in [2.45, 2.75) is 13.3 Å². The summed E-state index contributed by atoms with van der Waals surface area (Å²) in [6.07, 6.45) is 1.01. The molecule has 4 N–H and O–H groups in total. The molecule has 0 fully saturated rings. The maximum absolute atomic E-state index is 5.27. The topological polar surface area (TPSA) is 92.0 Å². The lowest BCUT2D eigenvalue weighted by molar-refractivity contribution is 0.915. The van der Waals surface area contributed by atoms with Crippen LogP contribution in [0.1, 0.15) is 13.3 Å². The van der Waals surface area contributed by atoms with Crippen LogP contribution in [0.15, 0.2) is 0 Å². The van der Waals surface area contributed by atoms with E-state index in [0.717, 1.165) is 13.0 Å². The summed E-state index contributed by atoms with van der Waals surface area (Å²) in [5.41, 5.74) is 2.41. The van der Waals surface area contributed by atoms with Crippen LogP contribution in [0.3, 0.4) is 0 Å². The first-order valence-corrected chi connectivity index (χ1v) is 4.81. The van der Waals surface area contributed by atoms with E-state index >= 15 is 0 Å². The van der Waals surface area contributed by atoms with Crippen molar-refractivity contribution in [1.82, 2.24) is 15.0 Å². The van der Waals surface area contributed by atoms with Crippen molar-refractivity contribution in [3.63, 3.8) is 0 Å². The van der Waals surface area contributed by atoms with E-state index in [4.69, 9.17) is 5.84 Å². The Balaban J connectivity index is 2.90. The van der Waals surface area contributed by atoms with E-state index in [9.17, 15) is 0 Å². The molecule has 15 heavy (non-hydrogen) atoms. The highest BCUT2D eigenvalue weighted by Gasteiger charge is 2.06. The number of aromatic nitrogens is 3. The molecule has 0 spiro atoms. The number of nitrogen functional groups attached to an aromatic ring is 1. The number of nitrogens with one attached hydrogen (secondary N) is 2. The monoisotopic (exact) mass is 211 g/mol. The summed E-state index contributed by atoms with van der Waals surface area (Å²) >= 11 is 0. The van der Waals surface area contributed by atoms with Gasteiger partial charge in [-0.15, -0.1) is 0 Å². The molecule has 0 radical (unpaired) electrons. The van der Waals surface area contributed by atoms with E-state index in [0.29, 0.717) is 17.8 Å². The predicted octanol–water partition coefficient (Wildman–Crippen LogP) is 0.0451. The Morgan fingerprint density at radius 1 is 1.20 bits per heavy atom. The first kappa shape index (κ1) is 11.4. The maximum atomic E-state index is 5.27. The quantitative estimate of drug-likeness (QED) is 0.468. The number of rotatable bonds is 5. The van der Waals surface area contributed by atoms with Gasteiger partial charge < -0.3 is 10.2 Å². The minimum atomic E-state index is 0.354. The lowest BCUT2D eigenvalue weighted by atomic mass is 10.5. The highest BCUT2D eigenvalue weighted by Crippen LogP contribution is 2.10. The summed E-state index contributed by atoms with van der Waals surface area (Å²) in [4.78, 5) is 14.2. The second kappa shape index (κ2) is 5.30. The zero-order valence-electron chi connectivity index (χ0n) is 9.28. The fourth-order valence-corrected chi connectivity index (χ4v) is 0.945. The van der Waals surface area contributed by atoms with Crippen LogP contribution in [0, 0.1) is 0 Å². The van der Waals surface area contributed by atoms with Gasteiger partial charge in [-0.1, -0.05) is 6.92 Å². The van der Waals surface area contributed by atoms with Gasteiger partial charge in [-0.2, -0.15) is 15.0 Å². The highest BCUT2D eigenvalue weighted by atomic mass is 15.4. The molecule has 0 bridgehead atoms. The molecule has 0 aromatic carbocycles. The van der Waals surface area contributed by atoms with E-state index < -0.39 is 0 Å². The lowest BCUT2D eigenvalue weighted by Crippen LogP contribution is -2.19. The second-order valence-corrected chi connectivity index (χ2v) is 3.25. The summed E-state index contributed by atoms with van der Waals surface area (Å²) in [6.45, 7) is 2.89. The first-order valence-electron chi connectivity index (χ1n) is 4.81. The van der Waals surface area contributed by atoms with Crippen molar-refractivity contribution in [3.8, 4) is 0 Å². The fraction of sp³-hybridized carbons (Fsp3) is 0.625. The molecular formula is C8H17N7. The Morgan fingerprint density at radius 2 is 1.87 bits per heavy atom. The van der Waals surface area contributed by atoms with Crippen molar-refractivity contribution < 1.29 is 0 Å². The van der Waals surface area contributed by atoms with Crippen LogP contribution in [0.2, 0.25) is 0 Å². The van der Waals surface area contributed by atoms with Gasteiger partial charge in [0.15, 0.2) is 0 Å². The Hall–Kier alpha value is -1.63. The van der Waals surface area contributed by atoms with Gasteiger partial charge in [-0.25, -0.2) is 5.84 Å². The summed E-state index contributed by atoms with van der Waals surface area (Å²) in [7, 11) is 3.72. The fourth-order valence-electron chi connectivity index (χ4n) is 0.945. The molecule has 1 aromatic rings. The Morgan fingerprint density at radius 3 is 2.40 bits per heavy atom. The summed E-state index contributed by atoms with van der Waals surface area (Å²) < 4.78 is 0. The van der Waals surface area contributed by atoms with Gasteiger partial charge >= 0.3 is 0 Å². The summed E-state index contributed by atoms with van der Waals surface area (Å²) in [5.74, 6) is 6.72. The molecule has 7 nitrogen and oxygen atoms in total. The molecule has 1 aromatic heterocycles. The van der Waals surface area contributed by atoms with Crippen LogP contribution in [0.5, 0.6) is 0 Å². The molecule has 7 heteroatoms. The minimum absolute atomic E-state index is 0.354. The second-order valence-electron chi connectivity index (χ2n) is 3.25. The summed E-state index contributed by atoms with van der Waals surface area (Å²) in [6, 6.07) is 0. The molecule has 0 saturated carbocycles. The number of nitrogens with two attached hydrogens (primary N) is 1. The minimum Gasteiger partial charge on any atom is -0.354 e. The molecule has 0 aliphatic carbocycles. The molecule has 1 heterocycles. The predicted molar refractivity (Wildman–Crippen MR) is 60.7 cm³/mol. The molecule has 84 valence electrons. The van der Waals surface area contributed by atoms with Gasteiger partial charge in [0.1, 0.15) is 0 Å². The molecule has 0 aliphatic heterocycles. The van der Waals surface area contributed by atoms with E-state index in [1.807, 2.05) is 14.1 Å². The Bertz CT molecular complexity index is 312. The van der Waals surface area contributed by atoms with Gasteiger partial charge in [0.2, 0.25) is 17.8 Å². The molecule has 0 saturated heterocycles. The molecule has 0 atom stereocenters. The third kappa shape index (κ3) is 3.21. The number of hydrazine groups is 1.